The molecule has 1 heterocycles. The summed E-state index contributed by atoms with van der Waals surface area (Å²) in [5.74, 6) is 0.855. The smallest absolute Gasteiger partial charge is 0.172 e. The molecule has 1 aromatic carbocycles. The number of carbonyl (C=O) groups is 1. The fourth-order valence-electron chi connectivity index (χ4n) is 1.81. The van der Waals surface area contributed by atoms with Gasteiger partial charge in [-0.2, -0.15) is 0 Å². The Morgan fingerprint density at radius 1 is 1.32 bits per heavy atom. The van der Waals surface area contributed by atoms with E-state index in [0.29, 0.717) is 17.2 Å². The third-order valence-electron chi connectivity index (χ3n) is 2.79. The van der Waals surface area contributed by atoms with Crippen LogP contribution in [-0.4, -0.2) is 12.9 Å². The van der Waals surface area contributed by atoms with Crippen LogP contribution in [-0.2, 0) is 0 Å². The number of carbonyl (C=O) groups excluding carboxylic acids is 1. The van der Waals surface area contributed by atoms with E-state index >= 15 is 0 Å². The molecule has 0 aliphatic carbocycles. The van der Waals surface area contributed by atoms with E-state index in [1.807, 2.05) is 37.3 Å². The van der Waals surface area contributed by atoms with Crippen molar-refractivity contribution in [3.05, 3.63) is 40.2 Å². The molecule has 0 saturated carbocycles. The third kappa shape index (κ3) is 3.17. The fraction of sp³-hybridized carbons (Fsp3) is 0.267. The molecule has 4 heteroatoms. The van der Waals surface area contributed by atoms with Crippen LogP contribution in [0.25, 0.3) is 10.4 Å². The van der Waals surface area contributed by atoms with Crippen LogP contribution in [0.5, 0.6) is 5.75 Å². The van der Waals surface area contributed by atoms with Gasteiger partial charge in [0.15, 0.2) is 5.78 Å². The Balaban J connectivity index is 2.30. The van der Waals surface area contributed by atoms with Crippen molar-refractivity contribution >= 4 is 28.7 Å². The Morgan fingerprint density at radius 2 is 2.11 bits per heavy atom. The highest BCUT2D eigenvalue weighted by Crippen LogP contribution is 2.34. The maximum Gasteiger partial charge on any atom is 0.172 e. The number of ketones is 1. The lowest BCUT2D eigenvalue weighted by Crippen LogP contribution is -1.93. The minimum Gasteiger partial charge on any atom is -0.495 e. The zero-order chi connectivity index (χ0) is 13.8. The first-order valence-electron chi connectivity index (χ1n) is 6.12. The summed E-state index contributed by atoms with van der Waals surface area (Å²) in [6.07, 6.45) is 1.48. The minimum absolute atomic E-state index is 0.208. The second-order valence-corrected chi connectivity index (χ2v) is 5.68. The number of thiophene rings is 1. The molecule has 2 nitrogen and oxygen atoms in total. The molecule has 0 radical (unpaired) electrons. The Labute approximate surface area is 122 Å². The summed E-state index contributed by atoms with van der Waals surface area (Å²) in [5.41, 5.74) is 1.02. The molecule has 2 aromatic rings. The van der Waals surface area contributed by atoms with Gasteiger partial charge in [0.05, 0.1) is 17.0 Å². The summed E-state index contributed by atoms with van der Waals surface area (Å²) in [6.45, 7) is 2.01. The van der Waals surface area contributed by atoms with E-state index in [9.17, 15) is 4.79 Å². The summed E-state index contributed by atoms with van der Waals surface area (Å²) in [7, 11) is 1.59. The van der Waals surface area contributed by atoms with Gasteiger partial charge in [0.25, 0.3) is 0 Å². The highest BCUT2D eigenvalue weighted by Gasteiger charge is 2.10. The second-order valence-electron chi connectivity index (χ2n) is 4.19. The van der Waals surface area contributed by atoms with Gasteiger partial charge < -0.3 is 4.74 Å². The molecule has 19 heavy (non-hydrogen) atoms. The fourth-order valence-corrected chi connectivity index (χ4v) is 2.97. The first-order chi connectivity index (χ1) is 9.15. The summed E-state index contributed by atoms with van der Waals surface area (Å²) >= 11 is 7.52. The van der Waals surface area contributed by atoms with Crippen molar-refractivity contribution in [2.45, 2.75) is 19.8 Å². The molecule has 0 atom stereocenters. The summed E-state index contributed by atoms with van der Waals surface area (Å²) < 4.78 is 5.21. The van der Waals surface area contributed by atoms with Gasteiger partial charge in [-0.25, -0.2) is 0 Å². The number of halogens is 1. The molecule has 100 valence electrons. The van der Waals surface area contributed by atoms with Gasteiger partial charge in [0.2, 0.25) is 0 Å². The molecule has 2 rings (SSSR count). The molecule has 0 bridgehead atoms. The van der Waals surface area contributed by atoms with Crippen molar-refractivity contribution in [1.82, 2.24) is 0 Å². The number of rotatable bonds is 5. The molecular weight excluding hydrogens is 280 g/mol. The van der Waals surface area contributed by atoms with Crippen molar-refractivity contribution in [3.8, 4) is 16.2 Å². The zero-order valence-electron chi connectivity index (χ0n) is 10.9. The van der Waals surface area contributed by atoms with Crippen LogP contribution < -0.4 is 4.74 Å². The average Bonchev–Trinajstić information content (AvgIpc) is 2.89. The van der Waals surface area contributed by atoms with E-state index < -0.39 is 0 Å². The average molecular weight is 295 g/mol. The monoisotopic (exact) mass is 294 g/mol. The SMILES string of the molecule is CCCC(=O)c1ccc(-c2ccc(Cl)c(OC)c2)s1. The Hall–Kier alpha value is -1.32. The van der Waals surface area contributed by atoms with Gasteiger partial charge in [-0.15, -0.1) is 11.3 Å². The summed E-state index contributed by atoms with van der Waals surface area (Å²) in [5, 5.41) is 0.588. The second kappa shape index (κ2) is 6.22. The summed E-state index contributed by atoms with van der Waals surface area (Å²) in [4.78, 5) is 13.7. The van der Waals surface area contributed by atoms with Crippen LogP contribution in [0, 0.1) is 0 Å². The standard InChI is InChI=1S/C15H15ClO2S/c1-3-4-12(17)15-8-7-14(19-15)10-5-6-11(16)13(9-10)18-2/h5-9H,3-4H2,1-2H3. The topological polar surface area (TPSA) is 26.3 Å². The van der Waals surface area contributed by atoms with Crippen LogP contribution in [0.3, 0.4) is 0 Å². The lowest BCUT2D eigenvalue weighted by molar-refractivity contribution is 0.0985. The number of hydrogen-bond donors (Lipinski definition) is 0. The molecule has 0 N–H and O–H groups in total. The lowest BCUT2D eigenvalue weighted by Gasteiger charge is -2.04. The van der Waals surface area contributed by atoms with Crippen LogP contribution >= 0.6 is 22.9 Å². The summed E-state index contributed by atoms with van der Waals surface area (Å²) in [6, 6.07) is 9.49. The predicted octanol–water partition coefficient (Wildman–Crippen LogP) is 5.06. The molecule has 0 saturated heterocycles. The van der Waals surface area contributed by atoms with Gasteiger partial charge in [0, 0.05) is 11.3 Å². The van der Waals surface area contributed by atoms with Crippen molar-refractivity contribution in [2.75, 3.05) is 7.11 Å². The van der Waals surface area contributed by atoms with Gasteiger partial charge in [0.1, 0.15) is 5.75 Å². The van der Waals surface area contributed by atoms with Crippen LogP contribution in [0.15, 0.2) is 30.3 Å². The van der Waals surface area contributed by atoms with Crippen molar-refractivity contribution in [3.63, 3.8) is 0 Å². The lowest BCUT2D eigenvalue weighted by atomic mass is 10.1. The predicted molar refractivity (Wildman–Crippen MR) is 80.6 cm³/mol. The molecule has 0 unspecified atom stereocenters. The molecule has 0 aliphatic rings. The molecule has 0 spiro atoms. The minimum atomic E-state index is 0.208. The Bertz CT molecular complexity index is 590. The normalized spacial score (nSPS) is 10.5. The van der Waals surface area contributed by atoms with E-state index in [-0.39, 0.29) is 5.78 Å². The molecular formula is C15H15ClO2S. The van der Waals surface area contributed by atoms with Crippen molar-refractivity contribution in [2.24, 2.45) is 0 Å². The molecule has 0 aliphatic heterocycles. The van der Waals surface area contributed by atoms with Crippen LogP contribution in [0.1, 0.15) is 29.4 Å². The van der Waals surface area contributed by atoms with Crippen molar-refractivity contribution < 1.29 is 9.53 Å². The van der Waals surface area contributed by atoms with Gasteiger partial charge >= 0.3 is 0 Å². The maximum absolute atomic E-state index is 11.8. The first-order valence-corrected chi connectivity index (χ1v) is 7.32. The highest BCUT2D eigenvalue weighted by atomic mass is 35.5. The first kappa shape index (κ1) is 14.1. The van der Waals surface area contributed by atoms with Crippen LogP contribution in [0.4, 0.5) is 0 Å². The number of Topliss-reactive ketones (excluding diaryl/α,β-unsaturated/α-hetero) is 1. The molecule has 1 aromatic heterocycles. The Morgan fingerprint density at radius 3 is 2.79 bits per heavy atom. The zero-order valence-corrected chi connectivity index (χ0v) is 12.5. The van der Waals surface area contributed by atoms with E-state index in [4.69, 9.17) is 16.3 Å². The maximum atomic E-state index is 11.8. The van der Waals surface area contributed by atoms with Crippen molar-refractivity contribution in [1.29, 1.82) is 0 Å². The van der Waals surface area contributed by atoms with Gasteiger partial charge in [-0.3, -0.25) is 4.79 Å². The molecule has 0 fully saturated rings. The number of benzene rings is 1. The quantitative estimate of drug-likeness (QED) is 0.721. The number of ether oxygens (including phenoxy) is 1. The van der Waals surface area contributed by atoms with Gasteiger partial charge in [-0.1, -0.05) is 24.6 Å². The van der Waals surface area contributed by atoms with E-state index in [1.54, 1.807) is 7.11 Å². The number of hydrogen-bond acceptors (Lipinski definition) is 3. The van der Waals surface area contributed by atoms with E-state index in [0.717, 1.165) is 21.7 Å². The van der Waals surface area contributed by atoms with E-state index in [2.05, 4.69) is 0 Å². The third-order valence-corrected chi connectivity index (χ3v) is 4.28. The molecule has 0 amide bonds. The van der Waals surface area contributed by atoms with Crippen LogP contribution in [0.2, 0.25) is 5.02 Å². The largest absolute Gasteiger partial charge is 0.495 e. The van der Waals surface area contributed by atoms with Gasteiger partial charge in [-0.05, 0) is 36.2 Å². The Kier molecular flexibility index (Phi) is 4.61. The number of methoxy groups -OCH3 is 1. The van der Waals surface area contributed by atoms with E-state index in [1.165, 1.54) is 11.3 Å². The highest BCUT2D eigenvalue weighted by molar-refractivity contribution is 7.17.